The molecular formula is C15H12Cl3NO. The lowest BCUT2D eigenvalue weighted by Crippen LogP contribution is -2.11. The Balaban J connectivity index is 2.10. The van der Waals surface area contributed by atoms with Gasteiger partial charge in [-0.1, -0.05) is 35.3 Å². The van der Waals surface area contributed by atoms with E-state index in [0.717, 1.165) is 12.0 Å². The molecule has 2 rings (SSSR count). The molecule has 1 amide bonds. The van der Waals surface area contributed by atoms with Gasteiger partial charge in [0.05, 0.1) is 0 Å². The van der Waals surface area contributed by atoms with Gasteiger partial charge in [-0.15, -0.1) is 11.6 Å². The highest BCUT2D eigenvalue weighted by Gasteiger charge is 2.08. The van der Waals surface area contributed by atoms with Gasteiger partial charge >= 0.3 is 0 Å². The van der Waals surface area contributed by atoms with Crippen LogP contribution in [0.25, 0.3) is 0 Å². The van der Waals surface area contributed by atoms with Crippen molar-refractivity contribution in [2.45, 2.75) is 6.42 Å². The van der Waals surface area contributed by atoms with Gasteiger partial charge in [-0.3, -0.25) is 4.79 Å². The maximum atomic E-state index is 12.1. The summed E-state index contributed by atoms with van der Waals surface area (Å²) in [4.78, 5) is 12.1. The van der Waals surface area contributed by atoms with Crippen molar-refractivity contribution in [1.82, 2.24) is 0 Å². The van der Waals surface area contributed by atoms with Crippen LogP contribution < -0.4 is 5.32 Å². The summed E-state index contributed by atoms with van der Waals surface area (Å²) in [5.74, 6) is 0.326. The monoisotopic (exact) mass is 327 g/mol. The normalized spacial score (nSPS) is 10.3. The first-order chi connectivity index (χ1) is 9.58. The third kappa shape index (κ3) is 4.14. The van der Waals surface area contributed by atoms with E-state index < -0.39 is 0 Å². The second-order valence-corrected chi connectivity index (χ2v) is 5.50. The van der Waals surface area contributed by atoms with Crippen LogP contribution in [0.5, 0.6) is 0 Å². The molecule has 0 bridgehead atoms. The maximum Gasteiger partial charge on any atom is 0.255 e. The lowest BCUT2D eigenvalue weighted by atomic mass is 10.1. The Hall–Kier alpha value is -1.22. The van der Waals surface area contributed by atoms with Gasteiger partial charge < -0.3 is 5.32 Å². The van der Waals surface area contributed by atoms with Crippen molar-refractivity contribution >= 4 is 46.4 Å². The minimum atomic E-state index is -0.250. The van der Waals surface area contributed by atoms with E-state index in [4.69, 9.17) is 34.8 Å². The SMILES string of the molecule is O=C(Nc1ccc(CCCl)cc1)c1cc(Cl)cc(Cl)c1. The number of hydrogen-bond donors (Lipinski definition) is 1. The second kappa shape index (κ2) is 6.98. The zero-order valence-corrected chi connectivity index (χ0v) is 12.8. The average Bonchev–Trinajstić information content (AvgIpc) is 2.40. The molecule has 0 atom stereocenters. The molecule has 0 aliphatic carbocycles. The summed E-state index contributed by atoms with van der Waals surface area (Å²) in [6.07, 6.45) is 0.805. The number of hydrogen-bond acceptors (Lipinski definition) is 1. The molecular weight excluding hydrogens is 317 g/mol. The maximum absolute atomic E-state index is 12.1. The van der Waals surface area contributed by atoms with Gasteiger partial charge in [0.1, 0.15) is 0 Å². The van der Waals surface area contributed by atoms with Gasteiger partial charge in [-0.05, 0) is 42.3 Å². The number of nitrogens with one attached hydrogen (secondary N) is 1. The summed E-state index contributed by atoms with van der Waals surface area (Å²) < 4.78 is 0. The Labute approximate surface area is 132 Å². The van der Waals surface area contributed by atoms with Crippen LogP contribution in [-0.4, -0.2) is 11.8 Å². The number of benzene rings is 2. The fourth-order valence-electron chi connectivity index (χ4n) is 1.75. The lowest BCUT2D eigenvalue weighted by molar-refractivity contribution is 0.102. The van der Waals surface area contributed by atoms with Gasteiger partial charge in [-0.2, -0.15) is 0 Å². The first-order valence-corrected chi connectivity index (χ1v) is 7.30. The molecule has 1 N–H and O–H groups in total. The predicted molar refractivity (Wildman–Crippen MR) is 85.3 cm³/mol. The highest BCUT2D eigenvalue weighted by molar-refractivity contribution is 6.35. The first kappa shape index (κ1) is 15.2. The van der Waals surface area contributed by atoms with Crippen molar-refractivity contribution in [3.05, 3.63) is 63.6 Å². The van der Waals surface area contributed by atoms with Crippen LogP contribution in [0.3, 0.4) is 0 Å². The molecule has 104 valence electrons. The number of amides is 1. The van der Waals surface area contributed by atoms with Crippen LogP contribution in [0.15, 0.2) is 42.5 Å². The molecule has 0 radical (unpaired) electrons. The van der Waals surface area contributed by atoms with E-state index in [1.807, 2.05) is 24.3 Å². The molecule has 0 spiro atoms. The molecule has 0 aliphatic rings. The molecule has 0 saturated carbocycles. The number of rotatable bonds is 4. The van der Waals surface area contributed by atoms with Gasteiger partial charge in [-0.25, -0.2) is 0 Å². The Morgan fingerprint density at radius 2 is 1.60 bits per heavy atom. The van der Waals surface area contributed by atoms with Crippen molar-refractivity contribution < 1.29 is 4.79 Å². The van der Waals surface area contributed by atoms with Gasteiger partial charge in [0.25, 0.3) is 5.91 Å². The fourth-order valence-corrected chi connectivity index (χ4v) is 2.50. The lowest BCUT2D eigenvalue weighted by Gasteiger charge is -2.07. The summed E-state index contributed by atoms with van der Waals surface area (Å²) in [5.41, 5.74) is 2.26. The van der Waals surface area contributed by atoms with Crippen LogP contribution in [0, 0.1) is 0 Å². The Kier molecular flexibility index (Phi) is 5.30. The number of carbonyl (C=O) groups is 1. The summed E-state index contributed by atoms with van der Waals surface area (Å²) in [7, 11) is 0. The Morgan fingerprint density at radius 1 is 1.00 bits per heavy atom. The van der Waals surface area contributed by atoms with E-state index in [9.17, 15) is 4.79 Å². The third-order valence-corrected chi connectivity index (χ3v) is 3.35. The van der Waals surface area contributed by atoms with Crippen molar-refractivity contribution in [1.29, 1.82) is 0 Å². The van der Waals surface area contributed by atoms with E-state index in [-0.39, 0.29) is 5.91 Å². The van der Waals surface area contributed by atoms with Gasteiger partial charge in [0.15, 0.2) is 0 Å². The molecule has 2 aromatic rings. The number of aryl methyl sites for hydroxylation is 1. The van der Waals surface area contributed by atoms with Crippen molar-refractivity contribution in [2.24, 2.45) is 0 Å². The minimum Gasteiger partial charge on any atom is -0.322 e. The molecule has 0 fully saturated rings. The largest absolute Gasteiger partial charge is 0.322 e. The quantitative estimate of drug-likeness (QED) is 0.784. The number of alkyl halides is 1. The van der Waals surface area contributed by atoms with Crippen molar-refractivity contribution in [3.8, 4) is 0 Å². The molecule has 20 heavy (non-hydrogen) atoms. The smallest absolute Gasteiger partial charge is 0.255 e. The molecule has 2 nitrogen and oxygen atoms in total. The number of halogens is 3. The van der Waals surface area contributed by atoms with E-state index >= 15 is 0 Å². The molecule has 0 heterocycles. The van der Waals surface area contributed by atoms with Gasteiger partial charge in [0, 0.05) is 27.2 Å². The molecule has 0 unspecified atom stereocenters. The first-order valence-electron chi connectivity index (χ1n) is 6.01. The van der Waals surface area contributed by atoms with E-state index in [0.29, 0.717) is 27.2 Å². The van der Waals surface area contributed by atoms with Crippen LogP contribution in [0.1, 0.15) is 15.9 Å². The highest BCUT2D eigenvalue weighted by Crippen LogP contribution is 2.20. The molecule has 2 aromatic carbocycles. The number of carbonyl (C=O) groups excluding carboxylic acids is 1. The predicted octanol–water partition coefficient (Wildman–Crippen LogP) is 5.03. The molecule has 0 aliphatic heterocycles. The van der Waals surface area contributed by atoms with Crippen LogP contribution in [-0.2, 0) is 6.42 Å². The van der Waals surface area contributed by atoms with Crippen LogP contribution in [0.2, 0.25) is 10.0 Å². The summed E-state index contributed by atoms with van der Waals surface area (Å²) >= 11 is 17.4. The second-order valence-electron chi connectivity index (χ2n) is 4.25. The summed E-state index contributed by atoms with van der Waals surface area (Å²) in [6, 6.07) is 12.3. The third-order valence-electron chi connectivity index (χ3n) is 2.72. The summed E-state index contributed by atoms with van der Waals surface area (Å²) in [6.45, 7) is 0. The Morgan fingerprint density at radius 3 is 2.15 bits per heavy atom. The zero-order valence-electron chi connectivity index (χ0n) is 10.5. The topological polar surface area (TPSA) is 29.1 Å². The highest BCUT2D eigenvalue weighted by atomic mass is 35.5. The zero-order chi connectivity index (χ0) is 14.5. The standard InChI is InChI=1S/C15H12Cl3NO/c16-6-5-10-1-3-14(4-2-10)19-15(20)11-7-12(17)9-13(18)8-11/h1-4,7-9H,5-6H2,(H,19,20). The number of anilines is 1. The van der Waals surface area contributed by atoms with E-state index in [1.165, 1.54) is 0 Å². The van der Waals surface area contributed by atoms with Crippen LogP contribution in [0.4, 0.5) is 5.69 Å². The summed E-state index contributed by atoms with van der Waals surface area (Å²) in [5, 5.41) is 3.65. The average molecular weight is 329 g/mol. The fraction of sp³-hybridized carbons (Fsp3) is 0.133. The van der Waals surface area contributed by atoms with E-state index in [2.05, 4.69) is 5.32 Å². The van der Waals surface area contributed by atoms with Gasteiger partial charge in [0.2, 0.25) is 0 Å². The van der Waals surface area contributed by atoms with E-state index in [1.54, 1.807) is 18.2 Å². The Bertz CT molecular complexity index is 591. The van der Waals surface area contributed by atoms with Crippen LogP contribution >= 0.6 is 34.8 Å². The van der Waals surface area contributed by atoms with Crippen molar-refractivity contribution in [3.63, 3.8) is 0 Å². The molecule has 5 heteroatoms. The minimum absolute atomic E-state index is 0.250. The molecule has 0 aromatic heterocycles. The van der Waals surface area contributed by atoms with Crippen molar-refractivity contribution in [2.75, 3.05) is 11.2 Å². The molecule has 0 saturated heterocycles.